The molecule has 1 saturated heterocycles. The van der Waals surface area contributed by atoms with Crippen molar-refractivity contribution in [1.82, 2.24) is 15.1 Å². The Kier molecular flexibility index (Phi) is 15.3. The molecule has 4 aromatic rings. The van der Waals surface area contributed by atoms with Gasteiger partial charge in [0.15, 0.2) is 0 Å². The number of benzene rings is 4. The molecule has 0 aromatic heterocycles. The first kappa shape index (κ1) is 37.7. The van der Waals surface area contributed by atoms with Crippen molar-refractivity contribution in [3.8, 4) is 5.75 Å². The number of nitrogens with one attached hydrogen (secondary N) is 1. The van der Waals surface area contributed by atoms with Crippen molar-refractivity contribution < 1.29 is 9.53 Å². The first-order valence-electron chi connectivity index (χ1n) is 18.8. The van der Waals surface area contributed by atoms with E-state index in [9.17, 15) is 4.79 Å². The molecular formula is C44H57N3O2S. The van der Waals surface area contributed by atoms with Crippen molar-refractivity contribution in [3.05, 3.63) is 138 Å². The summed E-state index contributed by atoms with van der Waals surface area (Å²) in [6.07, 6.45) is 8.60. The van der Waals surface area contributed by atoms with Gasteiger partial charge in [0.05, 0.1) is 17.6 Å². The fourth-order valence-corrected chi connectivity index (χ4v) is 8.85. The second-order valence-corrected chi connectivity index (χ2v) is 14.7. The molecule has 1 aliphatic rings. The van der Waals surface area contributed by atoms with Gasteiger partial charge < -0.3 is 19.9 Å². The molecule has 0 atom stereocenters. The van der Waals surface area contributed by atoms with E-state index in [4.69, 9.17) is 4.74 Å². The molecule has 1 heterocycles. The van der Waals surface area contributed by atoms with Crippen LogP contribution in [0.1, 0.15) is 80.0 Å². The molecule has 0 radical (unpaired) electrons. The smallest absolute Gasteiger partial charge is 0.230 e. The molecule has 4 aromatic carbocycles. The molecule has 0 bridgehead atoms. The number of hydrogen-bond acceptors (Lipinski definition) is 5. The second kappa shape index (κ2) is 20.3. The van der Waals surface area contributed by atoms with E-state index in [1.807, 2.05) is 0 Å². The van der Waals surface area contributed by atoms with Crippen LogP contribution in [0.3, 0.4) is 0 Å². The van der Waals surface area contributed by atoms with Gasteiger partial charge in [0.25, 0.3) is 0 Å². The molecule has 0 aliphatic carbocycles. The largest absolute Gasteiger partial charge is 0.496 e. The molecule has 5 rings (SSSR count). The number of piperidine rings is 1. The van der Waals surface area contributed by atoms with Crippen LogP contribution in [0.15, 0.2) is 115 Å². The van der Waals surface area contributed by atoms with Crippen LogP contribution in [0, 0.1) is 0 Å². The van der Waals surface area contributed by atoms with Crippen molar-refractivity contribution >= 4 is 17.7 Å². The van der Waals surface area contributed by atoms with Gasteiger partial charge in [0, 0.05) is 13.1 Å². The van der Waals surface area contributed by atoms with Crippen molar-refractivity contribution in [2.24, 2.45) is 0 Å². The fourth-order valence-electron chi connectivity index (χ4n) is 7.49. The number of thioether (sulfide) groups is 1. The molecule has 6 heteroatoms. The first-order chi connectivity index (χ1) is 24.6. The maximum Gasteiger partial charge on any atom is 0.230 e. The number of unbranched alkanes of at least 4 members (excludes halogenated alkanes) is 3. The lowest BCUT2D eigenvalue weighted by atomic mass is 9.84. The summed E-state index contributed by atoms with van der Waals surface area (Å²) in [7, 11) is 1.78. The monoisotopic (exact) mass is 691 g/mol. The highest BCUT2D eigenvalue weighted by Gasteiger charge is 2.37. The maximum atomic E-state index is 13.3. The number of likely N-dealkylation sites (tertiary alicyclic amines) is 1. The summed E-state index contributed by atoms with van der Waals surface area (Å²) in [5.74, 6) is 2.12. The number of hydrogen-bond donors (Lipinski definition) is 1. The minimum absolute atomic E-state index is 0.0885. The van der Waals surface area contributed by atoms with Gasteiger partial charge in [0.1, 0.15) is 5.75 Å². The molecule has 0 unspecified atom stereocenters. The van der Waals surface area contributed by atoms with Gasteiger partial charge in [0.2, 0.25) is 5.91 Å². The average Bonchev–Trinajstić information content (AvgIpc) is 3.18. The number of para-hydroxylation sites is 1. The minimum Gasteiger partial charge on any atom is -0.496 e. The van der Waals surface area contributed by atoms with Crippen molar-refractivity contribution in [2.45, 2.75) is 62.5 Å². The number of ether oxygens (including phenoxy) is 1. The summed E-state index contributed by atoms with van der Waals surface area (Å²) in [5, 5.41) is 3.25. The van der Waals surface area contributed by atoms with Crippen molar-refractivity contribution in [2.75, 3.05) is 58.7 Å². The zero-order valence-electron chi connectivity index (χ0n) is 30.3. The Morgan fingerprint density at radius 3 is 1.90 bits per heavy atom. The van der Waals surface area contributed by atoms with Gasteiger partial charge in [-0.2, -0.15) is 0 Å². The Labute approximate surface area is 305 Å². The van der Waals surface area contributed by atoms with Gasteiger partial charge in [-0.1, -0.05) is 129 Å². The lowest BCUT2D eigenvalue weighted by Crippen LogP contribution is -2.37. The van der Waals surface area contributed by atoms with E-state index >= 15 is 0 Å². The molecule has 1 N–H and O–H groups in total. The number of amides is 1. The molecule has 1 fully saturated rings. The van der Waals surface area contributed by atoms with E-state index in [1.165, 1.54) is 80.4 Å². The van der Waals surface area contributed by atoms with E-state index in [2.05, 4.69) is 137 Å². The van der Waals surface area contributed by atoms with Crippen LogP contribution in [0.2, 0.25) is 0 Å². The average molecular weight is 692 g/mol. The van der Waals surface area contributed by atoms with Gasteiger partial charge >= 0.3 is 0 Å². The number of rotatable bonds is 20. The first-order valence-corrected chi connectivity index (χ1v) is 19.8. The normalized spacial score (nSPS) is 14.1. The maximum absolute atomic E-state index is 13.3. The minimum atomic E-state index is -0.484. The van der Waals surface area contributed by atoms with Crippen LogP contribution >= 0.6 is 11.8 Å². The Morgan fingerprint density at radius 1 is 0.760 bits per heavy atom. The summed E-state index contributed by atoms with van der Waals surface area (Å²) in [5.41, 5.74) is 4.91. The lowest BCUT2D eigenvalue weighted by molar-refractivity contribution is -0.118. The van der Waals surface area contributed by atoms with Crippen LogP contribution in [-0.2, 0) is 9.54 Å². The molecule has 266 valence electrons. The van der Waals surface area contributed by atoms with Crippen molar-refractivity contribution in [3.63, 3.8) is 0 Å². The third-order valence-corrected chi connectivity index (χ3v) is 11.7. The van der Waals surface area contributed by atoms with Crippen molar-refractivity contribution in [1.29, 1.82) is 0 Å². The third kappa shape index (κ3) is 10.5. The van der Waals surface area contributed by atoms with E-state index in [1.54, 1.807) is 18.9 Å². The van der Waals surface area contributed by atoms with Crippen LogP contribution in [0.25, 0.3) is 0 Å². The number of nitrogens with zero attached hydrogens (tertiary/aromatic N) is 2. The highest BCUT2D eigenvalue weighted by atomic mass is 32.2. The Balaban J connectivity index is 1.03. The number of methoxy groups -OCH3 is 1. The third-order valence-electron chi connectivity index (χ3n) is 10.1. The Bertz CT molecular complexity index is 1430. The molecule has 1 amide bonds. The molecule has 1 aliphatic heterocycles. The summed E-state index contributed by atoms with van der Waals surface area (Å²) >= 11 is 1.70. The van der Waals surface area contributed by atoms with Crippen LogP contribution in [0.4, 0.5) is 0 Å². The Morgan fingerprint density at radius 2 is 1.32 bits per heavy atom. The standard InChI is InChI=1S/C44H57N3O2S/c1-3-30-46(31-17-4-5-18-32-47-33-27-37(28-34-47)41-25-15-16-26-42(41)49-2)35-29-45-43(48)36-50-44(38-19-9-6-10-20-38,39-21-11-7-12-22-39)40-23-13-8-14-24-40/h6-16,19-26,37H,3-5,17-18,27-36H2,1-2H3,(H,45,48). The van der Waals surface area contributed by atoms with Crippen LogP contribution in [0.5, 0.6) is 5.75 Å². The highest BCUT2D eigenvalue weighted by molar-refractivity contribution is 8.01. The molecular weight excluding hydrogens is 635 g/mol. The number of carbonyl (C=O) groups is 1. The van der Waals surface area contributed by atoms with E-state index in [-0.39, 0.29) is 5.91 Å². The highest BCUT2D eigenvalue weighted by Crippen LogP contribution is 2.48. The van der Waals surface area contributed by atoms with Crippen LogP contribution < -0.4 is 10.1 Å². The summed E-state index contributed by atoms with van der Waals surface area (Å²) in [6.45, 7) is 9.57. The molecule has 5 nitrogen and oxygen atoms in total. The zero-order valence-corrected chi connectivity index (χ0v) is 31.1. The summed E-state index contributed by atoms with van der Waals surface area (Å²) in [6, 6.07) is 40.3. The summed E-state index contributed by atoms with van der Waals surface area (Å²) < 4.78 is 5.13. The zero-order chi connectivity index (χ0) is 34.9. The van der Waals surface area contributed by atoms with E-state index in [0.29, 0.717) is 18.2 Å². The fraction of sp³-hybridized carbons (Fsp3) is 0.432. The predicted molar refractivity (Wildman–Crippen MR) is 211 cm³/mol. The molecule has 0 spiro atoms. The van der Waals surface area contributed by atoms with E-state index < -0.39 is 4.75 Å². The van der Waals surface area contributed by atoms with E-state index in [0.717, 1.165) is 31.8 Å². The van der Waals surface area contributed by atoms with Gasteiger partial charge in [-0.05, 0) is 99.1 Å². The predicted octanol–water partition coefficient (Wildman–Crippen LogP) is 8.99. The van der Waals surface area contributed by atoms with Gasteiger partial charge in [-0.15, -0.1) is 11.8 Å². The number of carbonyl (C=O) groups excluding carboxylic acids is 1. The van der Waals surface area contributed by atoms with Gasteiger partial charge in [-0.3, -0.25) is 4.79 Å². The quantitative estimate of drug-likeness (QED) is 0.0741. The molecule has 50 heavy (non-hydrogen) atoms. The van der Waals surface area contributed by atoms with Crippen LogP contribution in [-0.4, -0.2) is 74.4 Å². The van der Waals surface area contributed by atoms with Gasteiger partial charge in [-0.25, -0.2) is 0 Å². The lowest BCUT2D eigenvalue weighted by Gasteiger charge is -2.35. The topological polar surface area (TPSA) is 44.8 Å². The summed E-state index contributed by atoms with van der Waals surface area (Å²) in [4.78, 5) is 18.5. The molecule has 0 saturated carbocycles. The SMILES string of the molecule is CCCN(CCCCCCN1CCC(c2ccccc2OC)CC1)CCNC(=O)CSC(c1ccccc1)(c1ccccc1)c1ccccc1. The Hall–Kier alpha value is -3.58. The second-order valence-electron chi connectivity index (χ2n) is 13.5.